The molecule has 0 saturated carbocycles. The normalized spacial score (nSPS) is 13.2. The number of ether oxygens (including phenoxy) is 1. The summed E-state index contributed by atoms with van der Waals surface area (Å²) in [6.07, 6.45) is -11.7. The van der Waals surface area contributed by atoms with Gasteiger partial charge in [0.05, 0.1) is 5.69 Å². The van der Waals surface area contributed by atoms with Crippen molar-refractivity contribution >= 4 is 51.1 Å². The van der Waals surface area contributed by atoms with Gasteiger partial charge in [-0.2, -0.15) is 26.3 Å². The molecule has 0 fully saturated rings. The Morgan fingerprint density at radius 2 is 1.64 bits per heavy atom. The highest BCUT2D eigenvalue weighted by molar-refractivity contribution is 9.10. The molecule has 0 unspecified atom stereocenters. The lowest BCUT2D eigenvalue weighted by Crippen LogP contribution is -2.50. The Kier molecular flexibility index (Phi) is 9.71. The minimum atomic E-state index is -6.41. The number of carbonyl (C=O) groups is 1. The zero-order valence-electron chi connectivity index (χ0n) is 20.3. The van der Waals surface area contributed by atoms with Crippen LogP contribution in [-0.4, -0.2) is 30.3 Å². The number of hydrogen-bond acceptors (Lipinski definition) is 4. The Morgan fingerprint density at radius 3 is 2.13 bits per heavy atom. The zero-order chi connectivity index (χ0) is 30.0. The van der Waals surface area contributed by atoms with Crippen molar-refractivity contribution in [1.29, 1.82) is 5.41 Å². The smallest absolute Gasteiger partial charge is 0.435 e. The van der Waals surface area contributed by atoms with Crippen LogP contribution in [0.1, 0.15) is 37.5 Å². The number of alkyl carbamates (subject to hydrolysis) is 1. The number of hydrogen-bond donors (Lipinski definition) is 3. The van der Waals surface area contributed by atoms with E-state index in [0.717, 1.165) is 12.4 Å². The number of alkyl halides is 7. The van der Waals surface area contributed by atoms with E-state index in [0.29, 0.717) is 11.1 Å². The molecule has 3 N–H and O–H groups in total. The molecular formula is C24H21BrClF8N3O2. The number of halogens is 10. The maximum absolute atomic E-state index is 14.6. The minimum Gasteiger partial charge on any atom is -0.444 e. The largest absolute Gasteiger partial charge is 0.444 e. The second-order valence-corrected chi connectivity index (χ2v) is 10.3. The van der Waals surface area contributed by atoms with Gasteiger partial charge in [-0.25, -0.2) is 13.6 Å². The number of rotatable bonds is 7. The van der Waals surface area contributed by atoms with Gasteiger partial charge < -0.3 is 20.8 Å². The van der Waals surface area contributed by atoms with Crippen LogP contribution in [0.2, 0.25) is 5.02 Å². The molecule has 1 amide bonds. The van der Waals surface area contributed by atoms with Gasteiger partial charge in [0.25, 0.3) is 0 Å². The average molecular weight is 651 g/mol. The van der Waals surface area contributed by atoms with Gasteiger partial charge in [0.15, 0.2) is 0 Å². The van der Waals surface area contributed by atoms with E-state index < -0.39 is 51.3 Å². The molecule has 2 aromatic carbocycles. The average Bonchev–Trinajstić information content (AvgIpc) is 2.77. The van der Waals surface area contributed by atoms with Crippen LogP contribution < -0.4 is 10.6 Å². The second kappa shape index (κ2) is 11.7. The molecule has 0 aliphatic carbocycles. The third-order valence-corrected chi connectivity index (χ3v) is 5.94. The fourth-order valence-corrected chi connectivity index (χ4v) is 3.86. The summed E-state index contributed by atoms with van der Waals surface area (Å²) < 4.78 is 112. The highest BCUT2D eigenvalue weighted by atomic mass is 79.9. The summed E-state index contributed by atoms with van der Waals surface area (Å²) in [5.74, 6) is -1.63. The van der Waals surface area contributed by atoms with Crippen LogP contribution in [0, 0.1) is 11.2 Å². The number of carbonyl (C=O) groups excluding carboxylic acids is 1. The molecule has 0 aliphatic heterocycles. The Labute approximate surface area is 231 Å². The Balaban J connectivity index is 2.37. The number of nitrogens with one attached hydrogen (secondary N) is 3. The molecule has 214 valence electrons. The van der Waals surface area contributed by atoms with E-state index in [1.54, 1.807) is 20.8 Å². The summed E-state index contributed by atoms with van der Waals surface area (Å²) >= 11 is 8.83. The van der Waals surface area contributed by atoms with Gasteiger partial charge >= 0.3 is 24.1 Å². The molecule has 0 bridgehead atoms. The van der Waals surface area contributed by atoms with E-state index in [4.69, 9.17) is 21.7 Å². The third-order valence-electron chi connectivity index (χ3n) is 4.95. The summed E-state index contributed by atoms with van der Waals surface area (Å²) in [5.41, 5.74) is -8.38. The molecular weight excluding hydrogens is 630 g/mol. The molecule has 15 heteroatoms. The van der Waals surface area contributed by atoms with E-state index in [9.17, 15) is 39.9 Å². The first kappa shape index (κ1) is 32.3. The molecule has 0 atom stereocenters. The molecule has 0 heterocycles. The first-order valence-electron chi connectivity index (χ1n) is 10.8. The van der Waals surface area contributed by atoms with Gasteiger partial charge in [0, 0.05) is 39.6 Å². The quantitative estimate of drug-likeness (QED) is 0.207. The summed E-state index contributed by atoms with van der Waals surface area (Å²) in [4.78, 5) is 11.9. The Hall–Kier alpha value is -2.87. The predicted octanol–water partition coefficient (Wildman–Crippen LogP) is 8.66. The summed E-state index contributed by atoms with van der Waals surface area (Å²) in [6.45, 7) is 4.95. The van der Waals surface area contributed by atoms with E-state index in [1.165, 1.54) is 18.2 Å². The number of allylic oxidation sites excluding steroid dienone is 1. The molecule has 0 saturated heterocycles. The van der Waals surface area contributed by atoms with Crippen molar-refractivity contribution in [2.45, 2.75) is 50.9 Å². The number of amides is 1. The van der Waals surface area contributed by atoms with Crippen LogP contribution in [0.15, 0.2) is 41.0 Å². The predicted molar refractivity (Wildman–Crippen MR) is 134 cm³/mol. The van der Waals surface area contributed by atoms with Gasteiger partial charge in [0.2, 0.25) is 0 Å². The van der Waals surface area contributed by atoms with E-state index in [-0.39, 0.29) is 29.3 Å². The lowest BCUT2D eigenvalue weighted by Gasteiger charge is -2.30. The summed E-state index contributed by atoms with van der Waals surface area (Å²) in [5, 5.41) is 12.8. The Bertz CT molecular complexity index is 1240. The molecule has 0 aromatic heterocycles. The summed E-state index contributed by atoms with van der Waals surface area (Å²) in [6, 6.07) is 4.34. The van der Waals surface area contributed by atoms with E-state index in [2.05, 4.69) is 26.6 Å². The van der Waals surface area contributed by atoms with Crippen molar-refractivity contribution in [3.05, 3.63) is 68.5 Å². The van der Waals surface area contributed by atoms with Gasteiger partial charge in [-0.3, -0.25) is 0 Å². The van der Waals surface area contributed by atoms with Crippen molar-refractivity contribution in [3.63, 3.8) is 0 Å². The van der Waals surface area contributed by atoms with Crippen molar-refractivity contribution < 1.29 is 44.7 Å². The fourth-order valence-electron chi connectivity index (χ4n) is 3.13. The molecule has 2 aromatic rings. The van der Waals surface area contributed by atoms with E-state index >= 15 is 0 Å². The SMILES string of the molecule is CC(C)(C)OC(=O)NCc1cc(/C(C=N)=C/Nc2c(F)cc(C(F)(C(F)(F)F)C(F)(F)F)cc2Br)ccc1Cl. The van der Waals surface area contributed by atoms with Gasteiger partial charge in [-0.15, -0.1) is 0 Å². The number of anilines is 1. The topological polar surface area (TPSA) is 74.2 Å². The molecule has 0 aliphatic rings. The van der Waals surface area contributed by atoms with Crippen LogP contribution in [0.4, 0.5) is 45.6 Å². The monoisotopic (exact) mass is 649 g/mol. The van der Waals surface area contributed by atoms with Crippen LogP contribution in [-0.2, 0) is 17.0 Å². The van der Waals surface area contributed by atoms with Crippen LogP contribution in [0.3, 0.4) is 0 Å². The van der Waals surface area contributed by atoms with Crippen molar-refractivity contribution in [2.75, 3.05) is 5.32 Å². The van der Waals surface area contributed by atoms with Crippen molar-refractivity contribution in [1.82, 2.24) is 5.32 Å². The third kappa shape index (κ3) is 7.62. The number of benzene rings is 2. The van der Waals surface area contributed by atoms with Gasteiger partial charge in [-0.1, -0.05) is 17.7 Å². The molecule has 0 radical (unpaired) electrons. The maximum Gasteiger partial charge on any atom is 0.435 e. The first-order valence-corrected chi connectivity index (χ1v) is 11.9. The lowest BCUT2D eigenvalue weighted by atomic mass is 9.94. The van der Waals surface area contributed by atoms with Crippen LogP contribution in [0.25, 0.3) is 5.57 Å². The van der Waals surface area contributed by atoms with Crippen LogP contribution in [0.5, 0.6) is 0 Å². The van der Waals surface area contributed by atoms with Crippen LogP contribution >= 0.6 is 27.5 Å². The molecule has 2 rings (SSSR count). The molecule has 0 spiro atoms. The fraction of sp³-hybridized carbons (Fsp3) is 0.333. The molecule has 39 heavy (non-hydrogen) atoms. The molecule has 5 nitrogen and oxygen atoms in total. The highest BCUT2D eigenvalue weighted by Gasteiger charge is 2.73. The maximum atomic E-state index is 14.6. The standard InChI is InChI=1S/C24H21BrClF8N3O2/c1-21(2,3)39-20(38)37-10-13-6-12(4-5-17(13)26)14(9-35)11-36-19-16(25)7-15(8-18(19)27)22(28,23(29,30)31)24(32,33)34/h4-9,11,35-36H,10H2,1-3H3,(H,37,38)/b14-11+,35-9?. The van der Waals surface area contributed by atoms with Crippen molar-refractivity contribution in [3.8, 4) is 0 Å². The summed E-state index contributed by atoms with van der Waals surface area (Å²) in [7, 11) is 0. The highest BCUT2D eigenvalue weighted by Crippen LogP contribution is 2.54. The second-order valence-electron chi connectivity index (χ2n) is 9.02. The Morgan fingerprint density at radius 1 is 1.05 bits per heavy atom. The minimum absolute atomic E-state index is 0.0642. The zero-order valence-corrected chi connectivity index (χ0v) is 22.7. The first-order chi connectivity index (χ1) is 17.7. The lowest BCUT2D eigenvalue weighted by molar-refractivity contribution is -0.348. The van der Waals surface area contributed by atoms with Gasteiger partial charge in [0.1, 0.15) is 11.4 Å². The van der Waals surface area contributed by atoms with E-state index in [1.807, 2.05) is 0 Å². The van der Waals surface area contributed by atoms with Crippen molar-refractivity contribution in [2.24, 2.45) is 0 Å². The van der Waals surface area contributed by atoms with Gasteiger partial charge in [-0.05, 0) is 72.1 Å².